The Morgan fingerprint density at radius 3 is 2.50 bits per heavy atom. The maximum atomic E-state index is 8.87. The third-order valence-corrected chi connectivity index (χ3v) is 2.72. The fourth-order valence-electron chi connectivity index (χ4n) is 1.75. The minimum absolute atomic E-state index is 0.733. The molecule has 0 amide bonds. The van der Waals surface area contributed by atoms with Crippen molar-refractivity contribution in [1.82, 2.24) is 0 Å². The van der Waals surface area contributed by atoms with Gasteiger partial charge in [-0.1, -0.05) is 36.4 Å². The molecule has 0 aliphatic rings. The second kappa shape index (κ2) is 4.63. The molecule has 0 saturated carbocycles. The lowest BCUT2D eigenvalue weighted by atomic mass is 9.99. The van der Waals surface area contributed by atoms with Gasteiger partial charge in [0, 0.05) is 0 Å². The lowest BCUT2D eigenvalue weighted by Crippen LogP contribution is -1.92. The largest absolute Gasteiger partial charge is 0.192 e. The number of benzene rings is 2. The van der Waals surface area contributed by atoms with E-state index in [9.17, 15) is 0 Å². The van der Waals surface area contributed by atoms with Gasteiger partial charge in [-0.3, -0.25) is 0 Å². The molecule has 2 aromatic carbocycles. The lowest BCUT2D eigenvalue weighted by Gasteiger charge is -2.06. The first kappa shape index (κ1) is 10.4. The molecule has 1 nitrogen and oxygen atoms in total. The van der Waals surface area contributed by atoms with Gasteiger partial charge in [-0.05, 0) is 42.2 Å². The maximum absolute atomic E-state index is 8.87. The third-order valence-electron chi connectivity index (χ3n) is 2.72. The van der Waals surface area contributed by atoms with Crippen LogP contribution in [0.1, 0.15) is 22.3 Å². The minimum Gasteiger partial charge on any atom is -0.192 e. The van der Waals surface area contributed by atoms with Gasteiger partial charge in [-0.2, -0.15) is 5.26 Å². The third kappa shape index (κ3) is 2.29. The lowest BCUT2D eigenvalue weighted by molar-refractivity contribution is 1.15. The summed E-state index contributed by atoms with van der Waals surface area (Å²) in [6.45, 7) is 2.08. The van der Waals surface area contributed by atoms with Gasteiger partial charge >= 0.3 is 0 Å². The van der Waals surface area contributed by atoms with Gasteiger partial charge in [-0.15, -0.1) is 0 Å². The highest BCUT2D eigenvalue weighted by molar-refractivity contribution is 5.40. The van der Waals surface area contributed by atoms with Crippen molar-refractivity contribution in [3.63, 3.8) is 0 Å². The molecule has 0 N–H and O–H groups in total. The zero-order valence-corrected chi connectivity index (χ0v) is 9.27. The van der Waals surface area contributed by atoms with Crippen LogP contribution in [0.25, 0.3) is 0 Å². The summed E-state index contributed by atoms with van der Waals surface area (Å²) < 4.78 is 0. The molecule has 0 fully saturated rings. The Morgan fingerprint density at radius 1 is 1.06 bits per heavy atom. The number of aryl methyl sites for hydroxylation is 1. The molecule has 0 spiro atoms. The van der Waals surface area contributed by atoms with E-state index in [1.54, 1.807) is 0 Å². The van der Waals surface area contributed by atoms with Crippen molar-refractivity contribution < 1.29 is 0 Å². The molecule has 0 bridgehead atoms. The quantitative estimate of drug-likeness (QED) is 0.739. The van der Waals surface area contributed by atoms with Crippen molar-refractivity contribution >= 4 is 0 Å². The number of nitriles is 1. The van der Waals surface area contributed by atoms with Crippen LogP contribution in [0.2, 0.25) is 0 Å². The van der Waals surface area contributed by atoms with Crippen molar-refractivity contribution in [3.05, 3.63) is 70.8 Å². The number of nitrogens with zero attached hydrogens (tertiary/aromatic N) is 1. The van der Waals surface area contributed by atoms with Crippen LogP contribution in [0.4, 0.5) is 0 Å². The first-order valence-electron chi connectivity index (χ1n) is 5.33. The molecule has 0 aliphatic heterocycles. The molecule has 2 aromatic rings. The summed E-state index contributed by atoms with van der Waals surface area (Å²) >= 11 is 0. The van der Waals surface area contributed by atoms with E-state index in [-0.39, 0.29) is 0 Å². The normalized spacial score (nSPS) is 9.75. The van der Waals surface area contributed by atoms with Crippen molar-refractivity contribution in [2.24, 2.45) is 0 Å². The van der Waals surface area contributed by atoms with E-state index in [1.807, 2.05) is 36.4 Å². The summed E-state index contributed by atoms with van der Waals surface area (Å²) in [5.41, 5.74) is 4.48. The molecule has 2 rings (SSSR count). The summed E-state index contributed by atoms with van der Waals surface area (Å²) in [5, 5.41) is 8.87. The van der Waals surface area contributed by atoms with Gasteiger partial charge in [0.1, 0.15) is 0 Å². The second-order valence-corrected chi connectivity index (χ2v) is 3.92. The number of hydrogen-bond donors (Lipinski definition) is 0. The highest BCUT2D eigenvalue weighted by atomic mass is 14.2. The summed E-state index contributed by atoms with van der Waals surface area (Å²) in [6, 6.07) is 18.3. The van der Waals surface area contributed by atoms with Crippen LogP contribution in [-0.2, 0) is 6.42 Å². The highest BCUT2D eigenvalue weighted by Crippen LogP contribution is 2.15. The Balaban J connectivity index is 2.31. The van der Waals surface area contributed by atoms with Crippen LogP contribution in [0.5, 0.6) is 0 Å². The van der Waals surface area contributed by atoms with E-state index in [4.69, 9.17) is 5.26 Å². The predicted molar refractivity (Wildman–Crippen MR) is 65.1 cm³/mol. The number of hydrogen-bond acceptors (Lipinski definition) is 1. The highest BCUT2D eigenvalue weighted by Gasteiger charge is 2.01. The Kier molecular flexibility index (Phi) is 3.03. The molecule has 0 saturated heterocycles. The van der Waals surface area contributed by atoms with E-state index in [2.05, 4.69) is 25.1 Å². The van der Waals surface area contributed by atoms with Gasteiger partial charge in [0.05, 0.1) is 11.6 Å². The SMILES string of the molecule is Cc1ccc(C#N)cc1Cc1ccccc1. The predicted octanol–water partition coefficient (Wildman–Crippen LogP) is 3.46. The Labute approximate surface area is 96.0 Å². The second-order valence-electron chi connectivity index (χ2n) is 3.92. The van der Waals surface area contributed by atoms with E-state index < -0.39 is 0 Å². The average molecular weight is 207 g/mol. The van der Waals surface area contributed by atoms with Gasteiger partial charge in [0.25, 0.3) is 0 Å². The Hall–Kier alpha value is -2.07. The van der Waals surface area contributed by atoms with Crippen LogP contribution in [0, 0.1) is 18.3 Å². The van der Waals surface area contributed by atoms with Crippen molar-refractivity contribution in [2.75, 3.05) is 0 Å². The summed E-state index contributed by atoms with van der Waals surface area (Å²) in [4.78, 5) is 0. The maximum Gasteiger partial charge on any atom is 0.0991 e. The van der Waals surface area contributed by atoms with Gasteiger partial charge in [-0.25, -0.2) is 0 Å². The monoisotopic (exact) mass is 207 g/mol. The summed E-state index contributed by atoms with van der Waals surface area (Å²) in [7, 11) is 0. The zero-order valence-electron chi connectivity index (χ0n) is 9.27. The zero-order chi connectivity index (χ0) is 11.4. The van der Waals surface area contributed by atoms with Crippen LogP contribution >= 0.6 is 0 Å². The van der Waals surface area contributed by atoms with Crippen LogP contribution in [0.3, 0.4) is 0 Å². The Morgan fingerprint density at radius 2 is 1.81 bits per heavy atom. The van der Waals surface area contributed by atoms with Crippen LogP contribution in [0.15, 0.2) is 48.5 Å². The first-order chi connectivity index (χ1) is 7.79. The molecular formula is C15H13N. The molecule has 78 valence electrons. The van der Waals surface area contributed by atoms with Crippen LogP contribution in [-0.4, -0.2) is 0 Å². The molecule has 0 aliphatic carbocycles. The van der Waals surface area contributed by atoms with Gasteiger partial charge in [0.2, 0.25) is 0 Å². The fourth-order valence-corrected chi connectivity index (χ4v) is 1.75. The van der Waals surface area contributed by atoms with E-state index in [0.717, 1.165) is 12.0 Å². The standard InChI is InChI=1S/C15H13N/c1-12-7-8-14(11-16)10-15(12)9-13-5-3-2-4-6-13/h2-8,10H,9H2,1H3. The van der Waals surface area contributed by atoms with Crippen molar-refractivity contribution in [1.29, 1.82) is 5.26 Å². The van der Waals surface area contributed by atoms with E-state index in [1.165, 1.54) is 16.7 Å². The summed E-state index contributed by atoms with van der Waals surface area (Å²) in [6.07, 6.45) is 0.891. The summed E-state index contributed by atoms with van der Waals surface area (Å²) in [5.74, 6) is 0. The van der Waals surface area contributed by atoms with E-state index in [0.29, 0.717) is 0 Å². The molecule has 0 aromatic heterocycles. The smallest absolute Gasteiger partial charge is 0.0991 e. The van der Waals surface area contributed by atoms with Gasteiger partial charge in [0.15, 0.2) is 0 Å². The molecule has 0 unspecified atom stereocenters. The topological polar surface area (TPSA) is 23.8 Å². The first-order valence-corrected chi connectivity index (χ1v) is 5.33. The molecular weight excluding hydrogens is 194 g/mol. The van der Waals surface area contributed by atoms with Crippen molar-refractivity contribution in [3.8, 4) is 6.07 Å². The average Bonchev–Trinajstić information content (AvgIpc) is 2.33. The van der Waals surface area contributed by atoms with Gasteiger partial charge < -0.3 is 0 Å². The molecule has 1 heteroatoms. The van der Waals surface area contributed by atoms with Crippen LogP contribution < -0.4 is 0 Å². The fraction of sp³-hybridized carbons (Fsp3) is 0.133. The Bertz CT molecular complexity index is 521. The van der Waals surface area contributed by atoms with E-state index >= 15 is 0 Å². The van der Waals surface area contributed by atoms with Crippen molar-refractivity contribution in [2.45, 2.75) is 13.3 Å². The number of rotatable bonds is 2. The molecule has 0 radical (unpaired) electrons. The molecule has 0 atom stereocenters. The molecule has 0 heterocycles. The molecule has 16 heavy (non-hydrogen) atoms. The minimum atomic E-state index is 0.733.